The van der Waals surface area contributed by atoms with Gasteiger partial charge in [-0.05, 0) is 17.7 Å². The number of hydrogen-bond acceptors (Lipinski definition) is 6. The molecule has 1 aliphatic rings. The number of halogens is 1. The third-order valence-electron chi connectivity index (χ3n) is 4.17. The summed E-state index contributed by atoms with van der Waals surface area (Å²) in [6.07, 6.45) is 0. The van der Waals surface area contributed by atoms with Crippen molar-refractivity contribution in [3.63, 3.8) is 0 Å². The fourth-order valence-corrected chi connectivity index (χ4v) is 6.40. The number of sulfonamides is 2. The van der Waals surface area contributed by atoms with Gasteiger partial charge in [-0.25, -0.2) is 3.89 Å². The molecule has 29 heavy (non-hydrogen) atoms. The lowest BCUT2D eigenvalue weighted by molar-refractivity contribution is -0.739. The average molecular weight is 475 g/mol. The van der Waals surface area contributed by atoms with Crippen molar-refractivity contribution in [1.29, 1.82) is 0 Å². The van der Waals surface area contributed by atoms with E-state index in [0.717, 1.165) is 11.6 Å². The Morgan fingerprint density at radius 2 is 1.76 bits per heavy atom. The lowest BCUT2D eigenvalue weighted by Crippen LogP contribution is -2.41. The molecule has 0 aliphatic carbocycles. The van der Waals surface area contributed by atoms with E-state index in [2.05, 4.69) is 9.71 Å². The van der Waals surface area contributed by atoms with Gasteiger partial charge in [0.2, 0.25) is 0 Å². The van der Waals surface area contributed by atoms with Crippen molar-refractivity contribution >= 4 is 54.9 Å². The van der Waals surface area contributed by atoms with Gasteiger partial charge in [0.05, 0.1) is 37.6 Å². The second kappa shape index (κ2) is 7.92. The maximum Gasteiger partial charge on any atom is 0.328 e. The number of thioether (sulfide) groups is 1. The van der Waals surface area contributed by atoms with Gasteiger partial charge < -0.3 is 5.32 Å². The molecule has 2 aromatic carbocycles. The molecule has 7 nitrogen and oxygen atoms in total. The zero-order chi connectivity index (χ0) is 21.4. The van der Waals surface area contributed by atoms with Crippen molar-refractivity contribution in [3.8, 4) is 0 Å². The highest BCUT2D eigenvalue weighted by Gasteiger charge is 2.36. The zero-order valence-corrected chi connectivity index (χ0v) is 19.3. The molecule has 156 valence electrons. The minimum Gasteiger partial charge on any atom is -0.341 e. The topological polar surface area (TPSA) is 92.7 Å². The molecule has 0 unspecified atom stereocenters. The lowest BCUT2D eigenvalue weighted by atomic mass is 10.2. The number of quaternary nitrogens is 1. The van der Waals surface area contributed by atoms with Crippen molar-refractivity contribution in [2.45, 2.75) is 15.5 Å². The van der Waals surface area contributed by atoms with Gasteiger partial charge in [-0.3, -0.25) is 0 Å². The van der Waals surface area contributed by atoms with Crippen molar-refractivity contribution < 1.29 is 20.7 Å². The van der Waals surface area contributed by atoms with E-state index in [1.807, 2.05) is 30.3 Å². The normalized spacial score (nSPS) is 15.9. The van der Waals surface area contributed by atoms with E-state index in [-0.39, 0.29) is 26.3 Å². The molecule has 0 saturated heterocycles. The molecular weight excluding hydrogens is 454 g/mol. The molecule has 0 fully saturated rings. The lowest BCUT2D eigenvalue weighted by Gasteiger charge is -2.25. The first kappa shape index (κ1) is 22.1. The summed E-state index contributed by atoms with van der Waals surface area (Å²) in [7, 11) is -3.53. The summed E-state index contributed by atoms with van der Waals surface area (Å²) in [5.74, 6) is 1.33. The maximum absolute atomic E-state index is 12.7. The van der Waals surface area contributed by atoms with Gasteiger partial charge in [0.1, 0.15) is 15.6 Å². The highest BCUT2D eigenvalue weighted by Crippen LogP contribution is 2.36. The van der Waals surface area contributed by atoms with Crippen LogP contribution in [0.5, 0.6) is 0 Å². The summed E-state index contributed by atoms with van der Waals surface area (Å²) >= 11 is 7.72. The Balaban J connectivity index is 1.88. The summed E-state index contributed by atoms with van der Waals surface area (Å²) in [5, 5.41) is 2.92. The number of fused-ring (bicyclic) bond motifs is 1. The maximum atomic E-state index is 12.7. The van der Waals surface area contributed by atoms with E-state index in [1.165, 1.54) is 39.0 Å². The molecular formula is C18H21ClN3O4S3+. The summed E-state index contributed by atoms with van der Waals surface area (Å²) in [6.45, 7) is 0. The van der Waals surface area contributed by atoms with Gasteiger partial charge in [-0.1, -0.05) is 41.9 Å². The van der Waals surface area contributed by atoms with E-state index >= 15 is 0 Å². The van der Waals surface area contributed by atoms with Crippen LogP contribution in [0.15, 0.2) is 56.7 Å². The fourth-order valence-electron chi connectivity index (χ4n) is 2.61. The van der Waals surface area contributed by atoms with Crippen LogP contribution in [0.1, 0.15) is 5.56 Å². The highest BCUT2D eigenvalue weighted by molar-refractivity contribution is 7.99. The first-order valence-electron chi connectivity index (χ1n) is 8.54. The summed E-state index contributed by atoms with van der Waals surface area (Å²) in [5.41, 5.74) is 1.34. The highest BCUT2D eigenvalue weighted by atomic mass is 35.5. The number of benzene rings is 2. The first-order valence-corrected chi connectivity index (χ1v) is 13.0. The van der Waals surface area contributed by atoms with Crippen molar-refractivity contribution in [2.75, 3.05) is 32.2 Å². The summed E-state index contributed by atoms with van der Waals surface area (Å²) in [4.78, 5) is -0.446. The van der Waals surface area contributed by atoms with Crippen LogP contribution in [0.4, 0.5) is 5.69 Å². The molecule has 11 heteroatoms. The van der Waals surface area contributed by atoms with Crippen LogP contribution < -0.4 is 5.32 Å². The second-order valence-electron chi connectivity index (χ2n) is 7.26. The van der Waals surface area contributed by atoms with Crippen LogP contribution in [-0.4, -0.2) is 53.5 Å². The minimum atomic E-state index is -4.05. The monoisotopic (exact) mass is 474 g/mol. The molecule has 1 N–H and O–H groups in total. The first-order chi connectivity index (χ1) is 13.4. The van der Waals surface area contributed by atoms with E-state index in [4.69, 9.17) is 11.6 Å². The van der Waals surface area contributed by atoms with Gasteiger partial charge in [-0.2, -0.15) is 16.8 Å². The Morgan fingerprint density at radius 3 is 2.38 bits per heavy atom. The molecule has 0 amide bonds. The van der Waals surface area contributed by atoms with Crippen LogP contribution in [0.3, 0.4) is 0 Å². The number of rotatable bonds is 6. The van der Waals surface area contributed by atoms with Crippen LogP contribution in [0.2, 0.25) is 5.02 Å². The molecule has 1 aliphatic heterocycles. The fraction of sp³-hybridized carbons (Fsp3) is 0.278. The van der Waals surface area contributed by atoms with Crippen molar-refractivity contribution in [2.24, 2.45) is 4.40 Å². The zero-order valence-electron chi connectivity index (χ0n) is 16.1. The van der Waals surface area contributed by atoms with Gasteiger partial charge in [0, 0.05) is 5.75 Å². The molecule has 3 rings (SSSR count). The number of hydrogen-bond donors (Lipinski definition) is 1. The molecule has 0 bridgehead atoms. The number of nitrogens with one attached hydrogen (secondary N) is 1. The van der Waals surface area contributed by atoms with Crippen LogP contribution in [-0.2, 0) is 25.8 Å². The molecule has 0 atom stereocenters. The van der Waals surface area contributed by atoms with Crippen LogP contribution >= 0.6 is 23.4 Å². The van der Waals surface area contributed by atoms with Crippen molar-refractivity contribution in [1.82, 2.24) is 0 Å². The second-order valence-corrected chi connectivity index (χ2v) is 12.7. The average Bonchev–Trinajstić information content (AvgIpc) is 2.60. The summed E-state index contributed by atoms with van der Waals surface area (Å²) < 4.78 is 54.2. The third kappa shape index (κ3) is 4.61. The Morgan fingerprint density at radius 1 is 1.10 bits per heavy atom. The largest absolute Gasteiger partial charge is 0.341 e. The van der Waals surface area contributed by atoms with E-state index in [9.17, 15) is 16.8 Å². The number of amidine groups is 1. The minimum absolute atomic E-state index is 0.0438. The molecule has 1 heterocycles. The van der Waals surface area contributed by atoms with Gasteiger partial charge >= 0.3 is 10.0 Å². The predicted molar refractivity (Wildman–Crippen MR) is 118 cm³/mol. The van der Waals surface area contributed by atoms with Gasteiger partial charge in [0.25, 0.3) is 10.0 Å². The molecule has 0 radical (unpaired) electrons. The predicted octanol–water partition coefficient (Wildman–Crippen LogP) is 3.18. The smallest absolute Gasteiger partial charge is 0.328 e. The number of anilines is 1. The molecule has 0 saturated carbocycles. The van der Waals surface area contributed by atoms with E-state index in [0.29, 0.717) is 11.5 Å². The Hall–Kier alpha value is -1.59. The Kier molecular flexibility index (Phi) is 6.03. The van der Waals surface area contributed by atoms with Crippen LogP contribution in [0, 0.1) is 0 Å². The number of nitrogens with zero attached hydrogens (tertiary/aromatic N) is 2. The van der Waals surface area contributed by atoms with E-state index < -0.39 is 23.9 Å². The molecule has 0 spiro atoms. The quantitative estimate of drug-likeness (QED) is 0.646. The van der Waals surface area contributed by atoms with Gasteiger partial charge in [-0.15, -0.1) is 16.2 Å². The standard InChI is InChI=1S/C18H21ClN3O4S3/c1-22(2,3)29(25,26)16-10-17-15(9-14(16)19)20-18(21-28(17,23)24)12-27-11-13-7-5-4-6-8-13/h4-10H,11-12H2,1-3H3,(H,20,21)/q+1. The molecule has 0 aromatic heterocycles. The SMILES string of the molecule is C[N+](C)(C)S(=O)(=O)c1cc2c(cc1Cl)NC(CSCc1ccccc1)=NS2(=O)=O. The van der Waals surface area contributed by atoms with Crippen LogP contribution in [0.25, 0.3) is 0 Å². The summed E-state index contributed by atoms with van der Waals surface area (Å²) in [6, 6.07) is 12.2. The third-order valence-corrected chi connectivity index (χ3v) is 9.30. The Bertz CT molecular complexity index is 1170. The van der Waals surface area contributed by atoms with Crippen molar-refractivity contribution in [3.05, 3.63) is 53.1 Å². The van der Waals surface area contributed by atoms with Gasteiger partial charge in [0.15, 0.2) is 0 Å². The van der Waals surface area contributed by atoms with E-state index in [1.54, 1.807) is 0 Å². The molecule has 2 aromatic rings. The Labute approximate surface area is 180 Å².